The summed E-state index contributed by atoms with van der Waals surface area (Å²) in [5, 5.41) is 9.44. The molecule has 0 saturated carbocycles. The molecule has 0 saturated heterocycles. The third-order valence-corrected chi connectivity index (χ3v) is 2.97. The van der Waals surface area contributed by atoms with Crippen LogP contribution >= 0.6 is 0 Å². The van der Waals surface area contributed by atoms with Crippen LogP contribution in [-0.2, 0) is 13.1 Å². The summed E-state index contributed by atoms with van der Waals surface area (Å²) < 4.78 is 18.4. The predicted molar refractivity (Wildman–Crippen MR) is 59.4 cm³/mol. The van der Waals surface area contributed by atoms with Gasteiger partial charge in [0.1, 0.15) is 0 Å². The van der Waals surface area contributed by atoms with Gasteiger partial charge in [-0.1, -0.05) is 0 Å². The molecule has 4 heteroatoms. The van der Waals surface area contributed by atoms with Gasteiger partial charge in [0.05, 0.1) is 0 Å². The van der Waals surface area contributed by atoms with Gasteiger partial charge in [-0.15, -0.1) is 0 Å². The van der Waals surface area contributed by atoms with E-state index in [1.165, 1.54) is 0 Å². The zero-order valence-electron chi connectivity index (χ0n) is 11.2. The lowest BCUT2D eigenvalue weighted by atomic mass is 10.2. The minimum absolute atomic E-state index is 0.290. The molecule has 17 heavy (non-hydrogen) atoms. The van der Waals surface area contributed by atoms with E-state index < -0.39 is 5.79 Å². The van der Waals surface area contributed by atoms with Gasteiger partial charge < -0.3 is 10.2 Å². The van der Waals surface area contributed by atoms with Crippen LogP contribution in [0.5, 0.6) is 0 Å². The van der Waals surface area contributed by atoms with Crippen LogP contribution < -0.4 is 9.13 Å². The van der Waals surface area contributed by atoms with Crippen LogP contribution in [0.3, 0.4) is 0 Å². The Morgan fingerprint density at radius 1 is 0.941 bits per heavy atom. The van der Waals surface area contributed by atoms with Gasteiger partial charge in [0, 0.05) is 24.3 Å². The van der Waals surface area contributed by atoms with Gasteiger partial charge in [-0.3, -0.25) is 0 Å². The summed E-state index contributed by atoms with van der Waals surface area (Å²) in [4.78, 5) is 0. The molecular weight excluding hydrogens is 216 g/mol. The predicted octanol–water partition coefficient (Wildman–Crippen LogP) is -0.377. The maximum absolute atomic E-state index is 7.25. The highest BCUT2D eigenvalue weighted by atomic mass is 16.5. The first kappa shape index (κ1) is 8.33. The number of rotatable bonds is 2. The van der Waals surface area contributed by atoms with E-state index in [2.05, 4.69) is 0 Å². The summed E-state index contributed by atoms with van der Waals surface area (Å²) in [6.07, 6.45) is 3.79. The van der Waals surface area contributed by atoms with E-state index in [1.54, 1.807) is 0 Å². The molecule has 0 amide bonds. The lowest BCUT2D eigenvalue weighted by Gasteiger charge is -2.12. The largest absolute Gasteiger partial charge is 0.356 e. The summed E-state index contributed by atoms with van der Waals surface area (Å²) in [6.45, 7) is 0.579. The molecule has 2 N–H and O–H groups in total. The molecule has 1 aliphatic heterocycles. The van der Waals surface area contributed by atoms with Crippen molar-refractivity contribution in [1.29, 1.82) is 2.86 Å². The standard InChI is InChI=1S/C13H14N2O2/c16-13(17)9-14-7-3-1-5-11(14)12-6-2-4-8-15(12)10-13/h1-8,16-17H,9-10H2/q+2/i16D,17D. The molecule has 1 aliphatic rings. The van der Waals surface area contributed by atoms with E-state index >= 15 is 0 Å². The van der Waals surface area contributed by atoms with E-state index in [9.17, 15) is 0 Å². The Labute approximate surface area is 102 Å². The third-order valence-electron chi connectivity index (χ3n) is 2.97. The fourth-order valence-electron chi connectivity index (χ4n) is 2.26. The molecule has 0 spiro atoms. The first-order chi connectivity index (χ1) is 9.28. The molecule has 3 rings (SSSR count). The highest BCUT2D eigenvalue weighted by Crippen LogP contribution is 2.15. The molecule has 86 valence electrons. The summed E-state index contributed by atoms with van der Waals surface area (Å²) in [5.74, 6) is -1.31. The number of hydrogen-bond donors (Lipinski definition) is 2. The molecule has 0 unspecified atom stereocenters. The van der Waals surface area contributed by atoms with E-state index in [-0.39, 0.29) is 13.1 Å². The summed E-state index contributed by atoms with van der Waals surface area (Å²) >= 11 is 0. The van der Waals surface area contributed by atoms with Gasteiger partial charge in [0.25, 0.3) is 17.2 Å². The Kier molecular flexibility index (Phi) is 1.77. The van der Waals surface area contributed by atoms with Crippen LogP contribution in [0.15, 0.2) is 48.8 Å². The summed E-state index contributed by atoms with van der Waals surface area (Å²) in [7, 11) is 0. The van der Waals surface area contributed by atoms with Crippen molar-refractivity contribution in [2.45, 2.75) is 18.9 Å². The molecular formula is C13H14N2O2+2. The normalized spacial score (nSPS) is 18.4. The number of hydrogen-bond acceptors (Lipinski definition) is 2. The smallest absolute Gasteiger partial charge is 0.285 e. The Bertz CT molecular complexity index is 553. The van der Waals surface area contributed by atoms with E-state index in [4.69, 9.17) is 13.1 Å². The van der Waals surface area contributed by atoms with Crippen molar-refractivity contribution in [3.8, 4) is 11.4 Å². The lowest BCUT2D eigenvalue weighted by Crippen LogP contribution is -2.52. The van der Waals surface area contributed by atoms with Crippen LogP contribution in [0.1, 0.15) is 0 Å². The molecule has 2 aromatic rings. The molecule has 0 aromatic carbocycles. The fraction of sp³-hybridized carbons (Fsp3) is 0.231. The van der Waals surface area contributed by atoms with Crippen LogP contribution in [-0.4, -0.2) is 18.9 Å². The van der Waals surface area contributed by atoms with Crippen molar-refractivity contribution in [1.82, 2.24) is 0 Å². The van der Waals surface area contributed by atoms with Crippen molar-refractivity contribution in [3.63, 3.8) is 0 Å². The molecule has 0 fully saturated rings. The zero-order valence-corrected chi connectivity index (χ0v) is 9.24. The first-order valence-electron chi connectivity index (χ1n) is 6.36. The van der Waals surface area contributed by atoms with Crippen LogP contribution in [0.25, 0.3) is 11.4 Å². The van der Waals surface area contributed by atoms with E-state index in [0.717, 1.165) is 11.4 Å². The highest BCUT2D eigenvalue weighted by Gasteiger charge is 2.40. The quantitative estimate of drug-likeness (QED) is 0.548. The van der Waals surface area contributed by atoms with Crippen molar-refractivity contribution in [2.75, 3.05) is 0 Å². The first-order valence-corrected chi connectivity index (χ1v) is 5.54. The molecule has 3 heterocycles. The van der Waals surface area contributed by atoms with Crippen LogP contribution in [0, 0.1) is 0 Å². The van der Waals surface area contributed by atoms with Crippen molar-refractivity contribution < 1.29 is 19.4 Å². The number of fused-ring (bicyclic) bond motifs is 3. The molecule has 2 aromatic heterocycles. The Morgan fingerprint density at radius 3 is 1.94 bits per heavy atom. The Hall–Kier alpha value is -1.78. The molecule has 4 nitrogen and oxygen atoms in total. The summed E-state index contributed by atoms with van der Waals surface area (Å²) in [6, 6.07) is 11.7. The average molecular weight is 232 g/mol. The second-order valence-electron chi connectivity index (χ2n) is 4.34. The van der Waals surface area contributed by atoms with Gasteiger partial charge in [-0.25, -0.2) is 0 Å². The minimum atomic E-state index is -1.31. The monoisotopic (exact) mass is 232 g/mol. The van der Waals surface area contributed by atoms with Gasteiger partial charge in [0.2, 0.25) is 16.0 Å². The van der Waals surface area contributed by atoms with Gasteiger partial charge in [-0.2, -0.15) is 9.13 Å². The van der Waals surface area contributed by atoms with Crippen molar-refractivity contribution >= 4 is 0 Å². The number of pyridine rings is 2. The maximum atomic E-state index is 7.25. The maximum Gasteiger partial charge on any atom is 0.285 e. The lowest BCUT2D eigenvalue weighted by molar-refractivity contribution is -0.728. The van der Waals surface area contributed by atoms with Crippen molar-refractivity contribution in [2.24, 2.45) is 0 Å². The number of aromatic nitrogens is 2. The van der Waals surface area contributed by atoms with Crippen LogP contribution in [0.2, 0.25) is 0 Å². The second-order valence-corrected chi connectivity index (χ2v) is 4.34. The Balaban J connectivity index is 2.23. The molecule has 0 atom stereocenters. The van der Waals surface area contributed by atoms with Gasteiger partial charge in [-0.05, 0) is 12.1 Å². The Morgan fingerprint density at radius 2 is 1.47 bits per heavy atom. The molecule has 0 aliphatic carbocycles. The zero-order chi connectivity index (χ0) is 13.3. The van der Waals surface area contributed by atoms with Gasteiger partial charge in [0.15, 0.2) is 12.4 Å². The third kappa shape index (κ3) is 1.81. The van der Waals surface area contributed by atoms with Gasteiger partial charge >= 0.3 is 0 Å². The van der Waals surface area contributed by atoms with E-state index in [1.807, 2.05) is 57.9 Å². The summed E-state index contributed by atoms with van der Waals surface area (Å²) in [5.41, 5.74) is 2.00. The fourth-order valence-corrected chi connectivity index (χ4v) is 2.26. The minimum Gasteiger partial charge on any atom is -0.356 e. The van der Waals surface area contributed by atoms with Crippen molar-refractivity contribution in [3.05, 3.63) is 48.8 Å². The van der Waals surface area contributed by atoms with Crippen LogP contribution in [0.4, 0.5) is 0 Å². The molecule has 0 radical (unpaired) electrons. The topological polar surface area (TPSA) is 48.2 Å². The number of aliphatic hydroxyl groups is 2. The van der Waals surface area contributed by atoms with E-state index in [0.29, 0.717) is 0 Å². The molecule has 0 bridgehead atoms. The SMILES string of the molecule is [2H]OC1(O[2H])C[n+]2ccccc2-c2cccc[n+]2C1. The highest BCUT2D eigenvalue weighted by molar-refractivity contribution is 5.46. The number of nitrogens with zero attached hydrogens (tertiary/aromatic N) is 2. The average Bonchev–Trinajstić information content (AvgIpc) is 2.62. The second kappa shape index (κ2) is 3.61.